The number of nitrogens with zero attached hydrogens (tertiary/aromatic N) is 1. The normalized spacial score (nSPS) is 13.7. The molecule has 1 atom stereocenters. The van der Waals surface area contributed by atoms with Gasteiger partial charge in [-0.25, -0.2) is 9.69 Å². The second-order valence-corrected chi connectivity index (χ2v) is 7.77. The van der Waals surface area contributed by atoms with E-state index in [1.54, 1.807) is 36.4 Å². The Kier molecular flexibility index (Phi) is 5.45. The van der Waals surface area contributed by atoms with Crippen LogP contribution in [0.3, 0.4) is 0 Å². The van der Waals surface area contributed by atoms with Crippen LogP contribution in [0, 0.1) is 13.8 Å². The molecule has 0 spiro atoms. The van der Waals surface area contributed by atoms with Crippen molar-refractivity contribution in [2.45, 2.75) is 26.9 Å². The molecule has 32 heavy (non-hydrogen) atoms. The lowest BCUT2D eigenvalue weighted by Crippen LogP contribution is -2.30. The van der Waals surface area contributed by atoms with Gasteiger partial charge in [0.15, 0.2) is 6.10 Å². The number of hydrogen-bond donors (Lipinski definition) is 0. The molecule has 0 bridgehead atoms. The number of benzene rings is 3. The zero-order valence-corrected chi connectivity index (χ0v) is 17.9. The Morgan fingerprint density at radius 3 is 2.19 bits per heavy atom. The Bertz CT molecular complexity index is 1260. The first-order valence-corrected chi connectivity index (χ1v) is 10.2. The topological polar surface area (TPSA) is 80.8 Å². The number of aryl methyl sites for hydroxylation is 2. The quantitative estimate of drug-likeness (QED) is 0.339. The van der Waals surface area contributed by atoms with E-state index >= 15 is 0 Å². The maximum atomic E-state index is 13.0. The minimum atomic E-state index is -0.998. The summed E-state index contributed by atoms with van der Waals surface area (Å²) in [6, 6.07) is 18.2. The van der Waals surface area contributed by atoms with Crippen molar-refractivity contribution in [3.63, 3.8) is 0 Å². The molecule has 0 fully saturated rings. The average molecular weight is 427 g/mol. The SMILES string of the molecule is Cc1ccc(N2C(=O)c3ccc(C(=O)O[C@@H](C)C(=O)c4ccccc4)cc3C2=O)c(C)c1. The zero-order valence-electron chi connectivity index (χ0n) is 17.9. The van der Waals surface area contributed by atoms with Crippen LogP contribution in [0.5, 0.6) is 0 Å². The van der Waals surface area contributed by atoms with Crippen LogP contribution in [0.25, 0.3) is 0 Å². The van der Waals surface area contributed by atoms with E-state index in [0.717, 1.165) is 16.0 Å². The van der Waals surface area contributed by atoms with Gasteiger partial charge in [0.05, 0.1) is 22.4 Å². The zero-order chi connectivity index (χ0) is 23.0. The van der Waals surface area contributed by atoms with E-state index in [4.69, 9.17) is 4.74 Å². The van der Waals surface area contributed by atoms with Crippen molar-refractivity contribution in [3.05, 3.63) is 100 Å². The first-order valence-electron chi connectivity index (χ1n) is 10.2. The molecule has 0 unspecified atom stereocenters. The van der Waals surface area contributed by atoms with Gasteiger partial charge in [0.1, 0.15) is 0 Å². The average Bonchev–Trinajstić information content (AvgIpc) is 3.03. The lowest BCUT2D eigenvalue weighted by molar-refractivity contribution is 0.0318. The molecular formula is C26H21NO5. The number of anilines is 1. The van der Waals surface area contributed by atoms with Crippen molar-refractivity contribution in [2.24, 2.45) is 0 Å². The van der Waals surface area contributed by atoms with E-state index in [0.29, 0.717) is 11.3 Å². The monoisotopic (exact) mass is 427 g/mol. The predicted octanol–water partition coefficient (Wildman–Crippen LogP) is 4.53. The molecule has 0 aromatic heterocycles. The molecule has 1 aliphatic heterocycles. The van der Waals surface area contributed by atoms with Gasteiger partial charge in [-0.3, -0.25) is 14.4 Å². The summed E-state index contributed by atoms with van der Waals surface area (Å²) < 4.78 is 5.32. The van der Waals surface area contributed by atoms with Crippen molar-refractivity contribution in [1.29, 1.82) is 0 Å². The predicted molar refractivity (Wildman–Crippen MR) is 119 cm³/mol. The summed E-state index contributed by atoms with van der Waals surface area (Å²) in [4.78, 5) is 52.2. The minimum absolute atomic E-state index is 0.0973. The van der Waals surface area contributed by atoms with Gasteiger partial charge in [-0.1, -0.05) is 48.0 Å². The lowest BCUT2D eigenvalue weighted by Gasteiger charge is -2.16. The third-order valence-corrected chi connectivity index (χ3v) is 5.43. The number of amides is 2. The molecule has 6 nitrogen and oxygen atoms in total. The summed E-state index contributed by atoms with van der Waals surface area (Å²) >= 11 is 0. The molecule has 2 amide bonds. The van der Waals surface area contributed by atoms with Crippen LogP contribution in [0.15, 0.2) is 66.7 Å². The molecule has 4 rings (SSSR count). The smallest absolute Gasteiger partial charge is 0.338 e. The lowest BCUT2D eigenvalue weighted by atomic mass is 10.1. The number of esters is 1. The first kappa shape index (κ1) is 21.2. The fourth-order valence-corrected chi connectivity index (χ4v) is 3.76. The third kappa shape index (κ3) is 3.71. The van der Waals surface area contributed by atoms with Crippen molar-refractivity contribution >= 4 is 29.3 Å². The molecule has 6 heteroatoms. The van der Waals surface area contributed by atoms with Gasteiger partial charge in [-0.15, -0.1) is 0 Å². The molecule has 0 N–H and O–H groups in total. The number of fused-ring (bicyclic) bond motifs is 1. The summed E-state index contributed by atoms with van der Waals surface area (Å²) in [6.07, 6.45) is -0.998. The number of hydrogen-bond acceptors (Lipinski definition) is 5. The summed E-state index contributed by atoms with van der Waals surface area (Å²) in [5, 5.41) is 0. The van der Waals surface area contributed by atoms with Crippen molar-refractivity contribution in [2.75, 3.05) is 4.90 Å². The number of carbonyl (C=O) groups is 4. The standard InChI is InChI=1S/C26H21NO5/c1-15-9-12-22(16(2)13-15)27-24(29)20-11-10-19(14-21(20)25(27)30)26(31)32-17(3)23(28)18-7-5-4-6-8-18/h4-14,17H,1-3H3/t17-/m0/s1. The molecule has 160 valence electrons. The van der Waals surface area contributed by atoms with E-state index in [-0.39, 0.29) is 22.5 Å². The van der Waals surface area contributed by atoms with Gasteiger partial charge in [0.25, 0.3) is 11.8 Å². The van der Waals surface area contributed by atoms with Crippen LogP contribution in [0.2, 0.25) is 0 Å². The van der Waals surface area contributed by atoms with Gasteiger partial charge in [-0.2, -0.15) is 0 Å². The minimum Gasteiger partial charge on any atom is -0.451 e. The van der Waals surface area contributed by atoms with Crippen molar-refractivity contribution < 1.29 is 23.9 Å². The van der Waals surface area contributed by atoms with Gasteiger partial charge < -0.3 is 4.74 Å². The van der Waals surface area contributed by atoms with Crippen LogP contribution in [0.4, 0.5) is 5.69 Å². The molecule has 1 heterocycles. The molecule has 1 aliphatic rings. The van der Waals surface area contributed by atoms with Crippen molar-refractivity contribution in [3.8, 4) is 0 Å². The Morgan fingerprint density at radius 2 is 1.50 bits per heavy atom. The van der Waals surface area contributed by atoms with E-state index in [2.05, 4.69) is 0 Å². The highest BCUT2D eigenvalue weighted by molar-refractivity contribution is 6.35. The Morgan fingerprint density at radius 1 is 0.812 bits per heavy atom. The fraction of sp³-hybridized carbons (Fsp3) is 0.154. The summed E-state index contributed by atoms with van der Waals surface area (Å²) in [6.45, 7) is 5.26. The second kappa shape index (κ2) is 8.23. The Balaban J connectivity index is 1.57. The van der Waals surface area contributed by atoms with Crippen LogP contribution in [0.1, 0.15) is 59.5 Å². The molecule has 3 aromatic rings. The maximum Gasteiger partial charge on any atom is 0.338 e. The molecule has 0 radical (unpaired) electrons. The number of Topliss-reactive ketones (excluding diaryl/α,β-unsaturated/α-hetero) is 1. The van der Waals surface area contributed by atoms with Crippen LogP contribution in [-0.4, -0.2) is 29.7 Å². The van der Waals surface area contributed by atoms with Crippen LogP contribution < -0.4 is 4.90 Å². The highest BCUT2D eigenvalue weighted by atomic mass is 16.5. The van der Waals surface area contributed by atoms with Crippen LogP contribution in [-0.2, 0) is 4.74 Å². The van der Waals surface area contributed by atoms with E-state index < -0.39 is 23.9 Å². The second-order valence-electron chi connectivity index (χ2n) is 7.77. The molecular weight excluding hydrogens is 406 g/mol. The molecule has 0 aliphatic carbocycles. The largest absolute Gasteiger partial charge is 0.451 e. The fourth-order valence-electron chi connectivity index (χ4n) is 3.76. The summed E-state index contributed by atoms with van der Waals surface area (Å²) in [5.41, 5.74) is 3.21. The Hall–Kier alpha value is -4.06. The first-order chi connectivity index (χ1) is 15.3. The number of carbonyl (C=O) groups excluding carboxylic acids is 4. The highest BCUT2D eigenvalue weighted by Crippen LogP contribution is 2.31. The molecule has 3 aromatic carbocycles. The Labute approximate surface area is 185 Å². The van der Waals surface area contributed by atoms with Crippen LogP contribution >= 0.6 is 0 Å². The van der Waals surface area contributed by atoms with Gasteiger partial charge in [0, 0.05) is 5.56 Å². The number of ketones is 1. The summed E-state index contributed by atoms with van der Waals surface area (Å²) in [5.74, 6) is -2.01. The van der Waals surface area contributed by atoms with Gasteiger partial charge >= 0.3 is 5.97 Å². The summed E-state index contributed by atoms with van der Waals surface area (Å²) in [7, 11) is 0. The number of rotatable bonds is 5. The van der Waals surface area contributed by atoms with E-state index in [1.165, 1.54) is 25.1 Å². The van der Waals surface area contributed by atoms with Gasteiger partial charge in [0.2, 0.25) is 5.78 Å². The number of ether oxygens (including phenoxy) is 1. The third-order valence-electron chi connectivity index (χ3n) is 5.43. The maximum absolute atomic E-state index is 13.0. The highest BCUT2D eigenvalue weighted by Gasteiger charge is 2.38. The molecule has 0 saturated carbocycles. The van der Waals surface area contributed by atoms with Crippen molar-refractivity contribution in [1.82, 2.24) is 0 Å². The van der Waals surface area contributed by atoms with E-state index in [1.807, 2.05) is 26.0 Å². The van der Waals surface area contributed by atoms with Gasteiger partial charge in [-0.05, 0) is 50.6 Å². The van der Waals surface area contributed by atoms with E-state index in [9.17, 15) is 19.2 Å². The molecule has 0 saturated heterocycles. The number of imide groups is 1.